The Kier molecular flexibility index (Phi) is 3.51. The molecule has 2 aromatic heterocycles. The maximum atomic E-state index is 6.25. The van der Waals surface area contributed by atoms with E-state index in [0.717, 1.165) is 27.5 Å². The van der Waals surface area contributed by atoms with Crippen molar-refractivity contribution in [3.05, 3.63) is 52.1 Å². The van der Waals surface area contributed by atoms with Gasteiger partial charge < -0.3 is 0 Å². The predicted octanol–water partition coefficient (Wildman–Crippen LogP) is 4.54. The fraction of sp³-hybridized carbons (Fsp3) is 0.133. The number of rotatable bonds is 2. The van der Waals surface area contributed by atoms with Crippen molar-refractivity contribution in [1.29, 1.82) is 0 Å². The molecule has 0 fully saturated rings. The van der Waals surface area contributed by atoms with E-state index in [4.69, 9.17) is 11.6 Å². The van der Waals surface area contributed by atoms with Crippen LogP contribution in [0.4, 0.5) is 0 Å². The summed E-state index contributed by atoms with van der Waals surface area (Å²) in [6.45, 7) is 3.88. The average Bonchev–Trinajstić information content (AvgIpc) is 2.89. The molecule has 100 valence electrons. The molecule has 0 aliphatic carbocycles. The number of nitrogens with zero attached hydrogens (tertiary/aromatic N) is 3. The summed E-state index contributed by atoms with van der Waals surface area (Å²) in [5, 5.41) is 3.25. The molecule has 0 saturated carbocycles. The monoisotopic (exact) mass is 301 g/mol. The summed E-state index contributed by atoms with van der Waals surface area (Å²) >= 11 is 7.78. The van der Waals surface area contributed by atoms with Gasteiger partial charge >= 0.3 is 0 Å². The van der Waals surface area contributed by atoms with E-state index in [1.807, 2.05) is 49.6 Å². The van der Waals surface area contributed by atoms with Gasteiger partial charge in [0.25, 0.3) is 0 Å². The minimum absolute atomic E-state index is 0.474. The minimum Gasteiger partial charge on any atom is -0.238 e. The van der Waals surface area contributed by atoms with Crippen LogP contribution >= 0.6 is 22.9 Å². The summed E-state index contributed by atoms with van der Waals surface area (Å²) in [4.78, 5) is 13.4. The molecule has 1 aromatic carbocycles. The molecule has 0 bridgehead atoms. The number of hydrogen-bond acceptors (Lipinski definition) is 4. The second kappa shape index (κ2) is 5.31. The van der Waals surface area contributed by atoms with Gasteiger partial charge in [0.15, 0.2) is 10.8 Å². The quantitative estimate of drug-likeness (QED) is 0.652. The third-order valence-electron chi connectivity index (χ3n) is 2.94. The summed E-state index contributed by atoms with van der Waals surface area (Å²) in [5.41, 5.74) is 3.73. The third-order valence-corrected chi connectivity index (χ3v) is 4.27. The van der Waals surface area contributed by atoms with E-state index in [1.165, 1.54) is 11.3 Å². The van der Waals surface area contributed by atoms with Crippen LogP contribution in [0.3, 0.4) is 0 Å². The zero-order valence-electron chi connectivity index (χ0n) is 11.1. The zero-order chi connectivity index (χ0) is 14.1. The van der Waals surface area contributed by atoms with Gasteiger partial charge in [-0.1, -0.05) is 41.9 Å². The molecule has 0 radical (unpaired) electrons. The lowest BCUT2D eigenvalue weighted by atomic mass is 10.1. The molecule has 0 atom stereocenters. The van der Waals surface area contributed by atoms with Crippen LogP contribution in [0, 0.1) is 13.8 Å². The number of hydrogen-bond donors (Lipinski definition) is 0. The topological polar surface area (TPSA) is 38.7 Å². The largest absolute Gasteiger partial charge is 0.238 e. The highest BCUT2D eigenvalue weighted by Gasteiger charge is 2.14. The van der Waals surface area contributed by atoms with Gasteiger partial charge in [-0.3, -0.25) is 0 Å². The molecule has 3 rings (SSSR count). The maximum Gasteiger partial charge on any atom is 0.190 e. The normalized spacial score (nSPS) is 10.8. The first-order chi connectivity index (χ1) is 9.65. The molecule has 3 aromatic rings. The smallest absolute Gasteiger partial charge is 0.190 e. The molecule has 0 unspecified atom stereocenters. The van der Waals surface area contributed by atoms with Gasteiger partial charge in [0.1, 0.15) is 5.15 Å². The molecule has 3 nitrogen and oxygen atoms in total. The van der Waals surface area contributed by atoms with E-state index in [2.05, 4.69) is 15.0 Å². The third kappa shape index (κ3) is 2.44. The molecule has 5 heteroatoms. The van der Waals surface area contributed by atoms with Crippen molar-refractivity contribution in [2.75, 3.05) is 0 Å². The molecule has 0 spiro atoms. The number of halogens is 1. The van der Waals surface area contributed by atoms with Crippen LogP contribution in [0.5, 0.6) is 0 Å². The molecule has 0 saturated heterocycles. The lowest BCUT2D eigenvalue weighted by molar-refractivity contribution is 1.12. The van der Waals surface area contributed by atoms with Crippen LogP contribution in [0.25, 0.3) is 22.1 Å². The predicted molar refractivity (Wildman–Crippen MR) is 83.1 cm³/mol. The van der Waals surface area contributed by atoms with Crippen LogP contribution in [-0.2, 0) is 0 Å². The lowest BCUT2D eigenvalue weighted by Crippen LogP contribution is -1.97. The van der Waals surface area contributed by atoms with E-state index >= 15 is 0 Å². The van der Waals surface area contributed by atoms with Crippen molar-refractivity contribution in [3.8, 4) is 22.1 Å². The van der Waals surface area contributed by atoms with E-state index in [1.54, 1.807) is 0 Å². The average molecular weight is 302 g/mol. The molecule has 0 N–H and O–H groups in total. The van der Waals surface area contributed by atoms with E-state index in [0.29, 0.717) is 11.0 Å². The first-order valence-corrected chi connectivity index (χ1v) is 7.43. The molecule has 0 aliphatic rings. The van der Waals surface area contributed by atoms with Gasteiger partial charge in [0.05, 0.1) is 5.69 Å². The van der Waals surface area contributed by atoms with Crippen molar-refractivity contribution >= 4 is 22.9 Å². The van der Waals surface area contributed by atoms with Crippen molar-refractivity contribution in [1.82, 2.24) is 15.0 Å². The summed E-state index contributed by atoms with van der Waals surface area (Å²) in [7, 11) is 0. The fourth-order valence-electron chi connectivity index (χ4n) is 1.92. The Morgan fingerprint density at radius 1 is 1.00 bits per heavy atom. The Morgan fingerprint density at radius 3 is 2.40 bits per heavy atom. The molecule has 0 aliphatic heterocycles. The maximum absolute atomic E-state index is 6.25. The van der Waals surface area contributed by atoms with Gasteiger partial charge in [0, 0.05) is 22.2 Å². The van der Waals surface area contributed by atoms with Crippen LogP contribution in [0.2, 0.25) is 5.15 Å². The number of aryl methyl sites for hydroxylation is 1. The number of thiazole rings is 1. The van der Waals surface area contributed by atoms with Crippen molar-refractivity contribution in [2.45, 2.75) is 13.8 Å². The van der Waals surface area contributed by atoms with Crippen LogP contribution in [-0.4, -0.2) is 15.0 Å². The summed E-state index contributed by atoms with van der Waals surface area (Å²) in [6, 6.07) is 9.98. The van der Waals surface area contributed by atoms with Crippen LogP contribution < -0.4 is 0 Å². The second-order valence-corrected chi connectivity index (χ2v) is 5.69. The van der Waals surface area contributed by atoms with Gasteiger partial charge in [-0.25, -0.2) is 15.0 Å². The summed E-state index contributed by atoms with van der Waals surface area (Å²) < 4.78 is 0. The van der Waals surface area contributed by atoms with Crippen molar-refractivity contribution in [3.63, 3.8) is 0 Å². The van der Waals surface area contributed by atoms with E-state index < -0.39 is 0 Å². The lowest BCUT2D eigenvalue weighted by Gasteiger charge is -2.08. The highest BCUT2D eigenvalue weighted by atomic mass is 35.5. The number of aromatic nitrogens is 3. The minimum atomic E-state index is 0.474. The zero-order valence-corrected chi connectivity index (χ0v) is 12.7. The Bertz CT molecular complexity index is 753. The van der Waals surface area contributed by atoms with Gasteiger partial charge in [-0.2, -0.15) is 0 Å². The van der Waals surface area contributed by atoms with Gasteiger partial charge in [0.2, 0.25) is 0 Å². The Balaban J connectivity index is 2.18. The molecule has 20 heavy (non-hydrogen) atoms. The Labute approximate surface area is 126 Å². The highest BCUT2D eigenvalue weighted by molar-refractivity contribution is 7.13. The molecule has 0 amide bonds. The van der Waals surface area contributed by atoms with E-state index in [9.17, 15) is 0 Å². The Hall–Kier alpha value is -1.78. The number of benzene rings is 1. The Morgan fingerprint density at radius 2 is 1.75 bits per heavy atom. The second-order valence-electron chi connectivity index (χ2n) is 4.47. The standard InChI is InChI=1S/C15H12ClN3S/c1-9-8-20-15(17-9)14-18-12(10(2)13(16)19-14)11-6-4-3-5-7-11/h3-8H,1-2H3. The first kappa shape index (κ1) is 13.2. The molecule has 2 heterocycles. The van der Waals surface area contributed by atoms with Crippen molar-refractivity contribution < 1.29 is 0 Å². The highest BCUT2D eigenvalue weighted by Crippen LogP contribution is 2.29. The fourth-order valence-corrected chi connectivity index (χ4v) is 2.82. The van der Waals surface area contributed by atoms with Gasteiger partial charge in [-0.05, 0) is 13.8 Å². The summed E-state index contributed by atoms with van der Waals surface area (Å²) in [5.74, 6) is 0.581. The van der Waals surface area contributed by atoms with Crippen LogP contribution in [0.1, 0.15) is 11.3 Å². The molecular weight excluding hydrogens is 290 g/mol. The summed E-state index contributed by atoms with van der Waals surface area (Å²) in [6.07, 6.45) is 0. The van der Waals surface area contributed by atoms with Gasteiger partial charge in [-0.15, -0.1) is 11.3 Å². The van der Waals surface area contributed by atoms with Crippen molar-refractivity contribution in [2.24, 2.45) is 0 Å². The van der Waals surface area contributed by atoms with Crippen LogP contribution in [0.15, 0.2) is 35.7 Å². The SMILES string of the molecule is Cc1csc(-c2nc(Cl)c(C)c(-c3ccccc3)n2)n1. The first-order valence-electron chi connectivity index (χ1n) is 6.17. The molecular formula is C15H12ClN3S. The van der Waals surface area contributed by atoms with E-state index in [-0.39, 0.29) is 0 Å².